The van der Waals surface area contributed by atoms with Gasteiger partial charge in [0.25, 0.3) is 0 Å². The van der Waals surface area contributed by atoms with Crippen LogP contribution in [0.3, 0.4) is 0 Å². The Kier molecular flexibility index (Phi) is 7.38. The van der Waals surface area contributed by atoms with E-state index in [1.165, 1.54) is 36.4 Å². The Morgan fingerprint density at radius 3 is 2.06 bits per heavy atom. The van der Waals surface area contributed by atoms with Crippen LogP contribution in [0.1, 0.15) is 37.8 Å². The molecule has 6 nitrogen and oxygen atoms in total. The van der Waals surface area contributed by atoms with Crippen LogP contribution in [-0.2, 0) is 14.6 Å². The zero-order valence-electron chi connectivity index (χ0n) is 18.8. The fraction of sp³-hybridized carbons (Fsp3) is 0.417. The number of hydrogen-bond donors (Lipinski definition) is 2. The molecule has 34 heavy (non-hydrogen) atoms. The summed E-state index contributed by atoms with van der Waals surface area (Å²) < 4.78 is 65.3. The van der Waals surface area contributed by atoms with E-state index >= 15 is 0 Å². The van der Waals surface area contributed by atoms with Crippen molar-refractivity contribution in [2.75, 3.05) is 12.8 Å². The van der Waals surface area contributed by atoms with Crippen molar-refractivity contribution >= 4 is 15.7 Å². The normalized spacial score (nSPS) is 16.8. The molecule has 2 atom stereocenters. The molecule has 182 valence electrons. The molecule has 0 unspecified atom stereocenters. The maximum Gasteiger partial charge on any atom is 0.407 e. The van der Waals surface area contributed by atoms with Crippen LogP contribution in [0, 0.1) is 16.7 Å². The third kappa shape index (κ3) is 6.58. The third-order valence-corrected chi connectivity index (χ3v) is 7.14. The second-order valence-corrected chi connectivity index (χ2v) is 11.0. The monoisotopic (exact) mass is 493 g/mol. The topological polar surface area (TPSA) is 99.1 Å². The van der Waals surface area contributed by atoms with E-state index in [9.17, 15) is 26.4 Å². The van der Waals surface area contributed by atoms with Crippen molar-refractivity contribution in [3.63, 3.8) is 0 Å². The Hall–Kier alpha value is -2.90. The predicted octanol–water partition coefficient (Wildman–Crippen LogP) is 4.15. The Bertz CT molecular complexity index is 1170. The van der Waals surface area contributed by atoms with E-state index in [1.807, 2.05) is 6.92 Å². The summed E-state index contributed by atoms with van der Waals surface area (Å²) in [5, 5.41) is 13.6. The molecule has 0 spiro atoms. The summed E-state index contributed by atoms with van der Waals surface area (Å²) in [4.78, 5) is 12.7. The Morgan fingerprint density at radius 2 is 1.62 bits per heavy atom. The number of nitrogens with one attached hydrogen (secondary N) is 2. The molecule has 3 rings (SSSR count). The van der Waals surface area contributed by atoms with Gasteiger partial charge in [-0.25, -0.2) is 8.42 Å². The third-order valence-electron chi connectivity index (χ3n) is 6.01. The van der Waals surface area contributed by atoms with Crippen molar-refractivity contribution < 1.29 is 26.4 Å². The van der Waals surface area contributed by atoms with Crippen LogP contribution in [0.15, 0.2) is 53.4 Å². The van der Waals surface area contributed by atoms with Crippen LogP contribution < -0.4 is 10.6 Å². The van der Waals surface area contributed by atoms with E-state index in [0.29, 0.717) is 11.1 Å². The highest BCUT2D eigenvalue weighted by Gasteiger charge is 2.46. The van der Waals surface area contributed by atoms with Crippen molar-refractivity contribution in [2.45, 2.75) is 49.3 Å². The van der Waals surface area contributed by atoms with Gasteiger partial charge in [0, 0.05) is 6.26 Å². The SMILES string of the molecule is CC1(C[C@H](N[C@@H](c2ccc(-c3ccc(S(C)(=O)=O)cc3)cc2)C(F)(F)F)C(=O)NCC#N)CC1. The first-order chi connectivity index (χ1) is 15.8. The number of sulfone groups is 1. The van der Waals surface area contributed by atoms with Gasteiger partial charge in [0.2, 0.25) is 5.91 Å². The molecule has 2 aromatic carbocycles. The molecular weight excluding hydrogens is 467 g/mol. The summed E-state index contributed by atoms with van der Waals surface area (Å²) in [7, 11) is -3.35. The van der Waals surface area contributed by atoms with E-state index in [-0.39, 0.29) is 28.8 Å². The summed E-state index contributed by atoms with van der Waals surface area (Å²) in [5.74, 6) is -0.633. The second-order valence-electron chi connectivity index (χ2n) is 9.00. The van der Waals surface area contributed by atoms with Gasteiger partial charge in [0.1, 0.15) is 12.6 Å². The number of amides is 1. The van der Waals surface area contributed by atoms with Gasteiger partial charge < -0.3 is 5.32 Å². The van der Waals surface area contributed by atoms with Crippen LogP contribution in [0.4, 0.5) is 13.2 Å². The van der Waals surface area contributed by atoms with Crippen LogP contribution in [0.2, 0.25) is 0 Å². The van der Waals surface area contributed by atoms with Gasteiger partial charge in [-0.2, -0.15) is 18.4 Å². The highest BCUT2D eigenvalue weighted by Crippen LogP contribution is 2.49. The number of carbonyl (C=O) groups is 1. The summed E-state index contributed by atoms with van der Waals surface area (Å²) in [6.45, 7) is 1.64. The maximum absolute atomic E-state index is 14.0. The molecule has 0 heterocycles. The van der Waals surface area contributed by atoms with Crippen molar-refractivity contribution in [1.82, 2.24) is 10.6 Å². The van der Waals surface area contributed by atoms with Gasteiger partial charge in [-0.1, -0.05) is 43.3 Å². The van der Waals surface area contributed by atoms with Gasteiger partial charge in [-0.05, 0) is 53.5 Å². The number of nitrogens with zero attached hydrogens (tertiary/aromatic N) is 1. The standard InChI is InChI=1S/C24H26F3N3O3S/c1-23(11-12-23)15-20(22(31)29-14-13-28)30-21(24(25,26)27)18-5-3-16(4-6-18)17-7-9-19(10-8-17)34(2,32)33/h3-10,20-21,30H,11-12,14-15H2,1-2H3,(H,29,31)/t20-,21-/m0/s1. The number of benzene rings is 2. The first kappa shape index (κ1) is 25.7. The highest BCUT2D eigenvalue weighted by molar-refractivity contribution is 7.90. The van der Waals surface area contributed by atoms with E-state index in [4.69, 9.17) is 5.26 Å². The molecule has 0 aromatic heterocycles. The lowest BCUT2D eigenvalue weighted by Gasteiger charge is -2.29. The van der Waals surface area contributed by atoms with E-state index < -0.39 is 34.0 Å². The average molecular weight is 494 g/mol. The molecule has 1 saturated carbocycles. The minimum absolute atomic E-state index is 0.0527. The Labute approximate surface area is 197 Å². The lowest BCUT2D eigenvalue weighted by molar-refractivity contribution is -0.161. The van der Waals surface area contributed by atoms with Crippen LogP contribution in [0.5, 0.6) is 0 Å². The van der Waals surface area contributed by atoms with Crippen molar-refractivity contribution in [3.8, 4) is 17.2 Å². The Balaban J connectivity index is 1.84. The van der Waals surface area contributed by atoms with E-state index in [1.54, 1.807) is 18.2 Å². The van der Waals surface area contributed by atoms with Gasteiger partial charge in [0.05, 0.1) is 17.0 Å². The fourth-order valence-corrected chi connectivity index (χ4v) is 4.36. The van der Waals surface area contributed by atoms with Crippen molar-refractivity contribution in [3.05, 3.63) is 54.1 Å². The van der Waals surface area contributed by atoms with Crippen LogP contribution in [-0.4, -0.2) is 39.3 Å². The molecule has 1 amide bonds. The number of nitriles is 1. The second kappa shape index (κ2) is 9.76. The molecule has 2 aromatic rings. The maximum atomic E-state index is 14.0. The molecule has 1 aliphatic rings. The first-order valence-corrected chi connectivity index (χ1v) is 12.6. The van der Waals surface area contributed by atoms with E-state index in [2.05, 4.69) is 10.6 Å². The Morgan fingerprint density at radius 1 is 1.09 bits per heavy atom. The highest BCUT2D eigenvalue weighted by atomic mass is 32.2. The largest absolute Gasteiger partial charge is 0.407 e. The first-order valence-electron chi connectivity index (χ1n) is 10.7. The lowest BCUT2D eigenvalue weighted by Crippen LogP contribution is -2.49. The average Bonchev–Trinajstić information content (AvgIpc) is 3.50. The van der Waals surface area contributed by atoms with Gasteiger partial charge in [-0.15, -0.1) is 0 Å². The fourth-order valence-electron chi connectivity index (χ4n) is 3.73. The van der Waals surface area contributed by atoms with Gasteiger partial charge in [0.15, 0.2) is 9.84 Å². The molecule has 0 bridgehead atoms. The molecule has 0 radical (unpaired) electrons. The zero-order valence-corrected chi connectivity index (χ0v) is 19.6. The summed E-state index contributed by atoms with van der Waals surface area (Å²) >= 11 is 0. The number of halogens is 3. The predicted molar refractivity (Wildman–Crippen MR) is 121 cm³/mol. The van der Waals surface area contributed by atoms with E-state index in [0.717, 1.165) is 19.1 Å². The zero-order chi connectivity index (χ0) is 25.1. The molecule has 0 saturated heterocycles. The van der Waals surface area contributed by atoms with Crippen molar-refractivity contribution in [2.24, 2.45) is 5.41 Å². The summed E-state index contributed by atoms with van der Waals surface area (Å²) in [6.07, 6.45) is -1.66. The minimum atomic E-state index is -4.66. The quantitative estimate of drug-likeness (QED) is 0.512. The van der Waals surface area contributed by atoms with Crippen LogP contribution >= 0.6 is 0 Å². The number of hydrogen-bond acceptors (Lipinski definition) is 5. The number of alkyl halides is 3. The van der Waals surface area contributed by atoms with Gasteiger partial charge >= 0.3 is 6.18 Å². The summed E-state index contributed by atoms with van der Waals surface area (Å²) in [5.41, 5.74) is 1.03. The number of carbonyl (C=O) groups excluding carboxylic acids is 1. The molecular formula is C24H26F3N3O3S. The van der Waals surface area contributed by atoms with Crippen LogP contribution in [0.25, 0.3) is 11.1 Å². The number of rotatable bonds is 9. The molecule has 10 heteroatoms. The lowest BCUT2D eigenvalue weighted by atomic mass is 9.95. The van der Waals surface area contributed by atoms with Crippen molar-refractivity contribution in [1.29, 1.82) is 5.26 Å². The molecule has 2 N–H and O–H groups in total. The van der Waals surface area contributed by atoms with Gasteiger partial charge in [-0.3, -0.25) is 10.1 Å². The minimum Gasteiger partial charge on any atom is -0.342 e. The molecule has 1 fully saturated rings. The molecule has 0 aliphatic heterocycles. The smallest absolute Gasteiger partial charge is 0.342 e. The summed E-state index contributed by atoms with van der Waals surface area (Å²) in [6, 6.07) is 10.4. The molecule has 1 aliphatic carbocycles.